The zero-order chi connectivity index (χ0) is 21.1. The summed E-state index contributed by atoms with van der Waals surface area (Å²) >= 11 is 0. The van der Waals surface area contributed by atoms with E-state index < -0.39 is 11.7 Å². The van der Waals surface area contributed by atoms with Gasteiger partial charge in [-0.15, -0.1) is 0 Å². The summed E-state index contributed by atoms with van der Waals surface area (Å²) < 4.78 is 49.4. The molecule has 1 aliphatic rings. The van der Waals surface area contributed by atoms with Crippen LogP contribution in [0.15, 0.2) is 77.8 Å². The summed E-state index contributed by atoms with van der Waals surface area (Å²) in [7, 11) is 0. The first-order valence-electron chi connectivity index (χ1n) is 9.55. The summed E-state index contributed by atoms with van der Waals surface area (Å²) in [5.41, 5.74) is 3.13. The Kier molecular flexibility index (Phi) is 5.48. The molecule has 1 aliphatic heterocycles. The van der Waals surface area contributed by atoms with Crippen molar-refractivity contribution in [1.29, 1.82) is 0 Å². The third kappa shape index (κ3) is 4.48. The molecule has 0 aromatic heterocycles. The third-order valence-electron chi connectivity index (χ3n) is 4.98. The first kappa shape index (κ1) is 20.0. The Balaban J connectivity index is 1.38. The van der Waals surface area contributed by atoms with Crippen molar-refractivity contribution in [2.24, 2.45) is 4.99 Å². The Bertz CT molecular complexity index is 1040. The van der Waals surface area contributed by atoms with Crippen LogP contribution in [0.3, 0.4) is 0 Å². The van der Waals surface area contributed by atoms with Gasteiger partial charge in [-0.25, -0.2) is 4.99 Å². The molecule has 0 aliphatic carbocycles. The molecule has 3 nitrogen and oxygen atoms in total. The number of ether oxygens (including phenoxy) is 2. The number of halogens is 3. The van der Waals surface area contributed by atoms with E-state index in [0.29, 0.717) is 23.8 Å². The van der Waals surface area contributed by atoms with Crippen molar-refractivity contribution >= 4 is 5.90 Å². The van der Waals surface area contributed by atoms with Crippen molar-refractivity contribution in [3.63, 3.8) is 0 Å². The second-order valence-corrected chi connectivity index (χ2v) is 7.13. The first-order chi connectivity index (χ1) is 14.4. The van der Waals surface area contributed by atoms with Gasteiger partial charge in [0.15, 0.2) is 0 Å². The van der Waals surface area contributed by atoms with Crippen LogP contribution in [0.2, 0.25) is 0 Å². The largest absolute Gasteiger partial charge is 0.489 e. The summed E-state index contributed by atoms with van der Waals surface area (Å²) in [4.78, 5) is 4.70. The van der Waals surface area contributed by atoms with Gasteiger partial charge in [-0.05, 0) is 53.9 Å². The average molecular weight is 411 g/mol. The maximum atomic E-state index is 12.6. The smallest absolute Gasteiger partial charge is 0.416 e. The van der Waals surface area contributed by atoms with Gasteiger partial charge < -0.3 is 9.47 Å². The van der Waals surface area contributed by atoms with E-state index in [9.17, 15) is 13.2 Å². The minimum absolute atomic E-state index is 0.0800. The van der Waals surface area contributed by atoms with Gasteiger partial charge in [0.05, 0.1) is 5.56 Å². The van der Waals surface area contributed by atoms with Crippen LogP contribution in [0.4, 0.5) is 13.2 Å². The molecule has 1 unspecified atom stereocenters. The molecule has 0 spiro atoms. The number of nitrogens with zero attached hydrogens (tertiary/aromatic N) is 1. The molecule has 154 valence electrons. The summed E-state index contributed by atoms with van der Waals surface area (Å²) in [6.45, 7) is 2.70. The SMILES string of the molecule is Cc1ccccc1C1=NC(c2ccc(OCc3ccc(C(F)(F)F)cc3)cc2)CO1. The minimum atomic E-state index is -4.33. The molecule has 0 amide bonds. The zero-order valence-electron chi connectivity index (χ0n) is 16.3. The number of benzene rings is 3. The molecule has 3 aromatic carbocycles. The lowest BCUT2D eigenvalue weighted by atomic mass is 10.1. The Hall–Kier alpha value is -3.28. The molecule has 0 N–H and O–H groups in total. The highest BCUT2D eigenvalue weighted by Gasteiger charge is 2.30. The lowest BCUT2D eigenvalue weighted by molar-refractivity contribution is -0.137. The Morgan fingerprint density at radius 2 is 1.67 bits per heavy atom. The van der Waals surface area contributed by atoms with Crippen LogP contribution in [0, 0.1) is 6.92 Å². The Morgan fingerprint density at radius 1 is 0.967 bits per heavy atom. The van der Waals surface area contributed by atoms with Gasteiger partial charge in [0.25, 0.3) is 0 Å². The summed E-state index contributed by atoms with van der Waals surface area (Å²) in [5.74, 6) is 1.29. The average Bonchev–Trinajstić information content (AvgIpc) is 3.23. The van der Waals surface area contributed by atoms with Gasteiger partial charge in [-0.3, -0.25) is 0 Å². The van der Waals surface area contributed by atoms with E-state index in [1.165, 1.54) is 12.1 Å². The first-order valence-corrected chi connectivity index (χ1v) is 9.55. The molecule has 30 heavy (non-hydrogen) atoms. The van der Waals surface area contributed by atoms with Crippen molar-refractivity contribution in [2.45, 2.75) is 25.7 Å². The molecule has 6 heteroatoms. The highest BCUT2D eigenvalue weighted by molar-refractivity contribution is 5.96. The Labute approximate surface area is 172 Å². The number of aliphatic imine (C=N–C) groups is 1. The second kappa shape index (κ2) is 8.22. The second-order valence-electron chi connectivity index (χ2n) is 7.13. The maximum absolute atomic E-state index is 12.6. The van der Waals surface area contributed by atoms with Gasteiger partial charge in [0, 0.05) is 5.56 Å². The third-order valence-corrected chi connectivity index (χ3v) is 4.98. The lowest BCUT2D eigenvalue weighted by Crippen LogP contribution is -2.05. The van der Waals surface area contributed by atoms with Crippen molar-refractivity contribution < 1.29 is 22.6 Å². The molecular formula is C24H20F3NO2. The fourth-order valence-electron chi connectivity index (χ4n) is 3.25. The number of hydrogen-bond donors (Lipinski definition) is 0. The van der Waals surface area contributed by atoms with Crippen molar-refractivity contribution in [3.8, 4) is 5.75 Å². The van der Waals surface area contributed by atoms with Gasteiger partial charge in [0.1, 0.15) is 25.0 Å². The highest BCUT2D eigenvalue weighted by atomic mass is 19.4. The Morgan fingerprint density at radius 3 is 2.33 bits per heavy atom. The van der Waals surface area contributed by atoms with Gasteiger partial charge in [-0.1, -0.05) is 42.5 Å². The van der Waals surface area contributed by atoms with Gasteiger partial charge in [0.2, 0.25) is 5.90 Å². The molecular weight excluding hydrogens is 391 g/mol. The molecule has 3 aromatic rings. The fourth-order valence-corrected chi connectivity index (χ4v) is 3.25. The van der Waals surface area contributed by atoms with E-state index in [1.807, 2.05) is 55.5 Å². The quantitative estimate of drug-likeness (QED) is 0.507. The monoisotopic (exact) mass is 411 g/mol. The molecule has 0 radical (unpaired) electrons. The number of alkyl halides is 3. The van der Waals surface area contributed by atoms with E-state index in [2.05, 4.69) is 0 Å². The molecule has 0 bridgehead atoms. The minimum Gasteiger partial charge on any atom is -0.489 e. The zero-order valence-corrected chi connectivity index (χ0v) is 16.3. The summed E-state index contributed by atoms with van der Waals surface area (Å²) in [5, 5.41) is 0. The van der Waals surface area contributed by atoms with Crippen LogP contribution >= 0.6 is 0 Å². The summed E-state index contributed by atoms with van der Waals surface area (Å²) in [6.07, 6.45) is -4.33. The molecule has 1 atom stereocenters. The predicted molar refractivity (Wildman–Crippen MR) is 109 cm³/mol. The standard InChI is InChI=1S/C24H20F3NO2/c1-16-4-2-3-5-21(16)23-28-22(15-30-23)18-8-12-20(13-9-18)29-14-17-6-10-19(11-7-17)24(25,26)27/h2-13,22H,14-15H2,1H3. The van der Waals surface area contributed by atoms with Crippen molar-refractivity contribution in [2.75, 3.05) is 6.61 Å². The fraction of sp³-hybridized carbons (Fsp3) is 0.208. The van der Waals surface area contributed by atoms with E-state index in [0.717, 1.165) is 28.8 Å². The van der Waals surface area contributed by atoms with Crippen molar-refractivity contribution in [1.82, 2.24) is 0 Å². The van der Waals surface area contributed by atoms with Crippen LogP contribution in [0.25, 0.3) is 0 Å². The summed E-state index contributed by atoms with van der Waals surface area (Å²) in [6, 6.07) is 20.4. The molecule has 0 saturated carbocycles. The topological polar surface area (TPSA) is 30.8 Å². The van der Waals surface area contributed by atoms with E-state index in [4.69, 9.17) is 14.5 Å². The van der Waals surface area contributed by atoms with Gasteiger partial charge >= 0.3 is 6.18 Å². The van der Waals surface area contributed by atoms with E-state index >= 15 is 0 Å². The van der Waals surface area contributed by atoms with E-state index in [-0.39, 0.29) is 12.6 Å². The van der Waals surface area contributed by atoms with Gasteiger partial charge in [-0.2, -0.15) is 13.2 Å². The van der Waals surface area contributed by atoms with Crippen LogP contribution in [-0.2, 0) is 17.5 Å². The molecule has 4 rings (SSSR count). The van der Waals surface area contributed by atoms with Crippen molar-refractivity contribution in [3.05, 3.63) is 101 Å². The molecule has 0 saturated heterocycles. The maximum Gasteiger partial charge on any atom is 0.416 e. The van der Waals surface area contributed by atoms with Crippen LogP contribution in [-0.4, -0.2) is 12.5 Å². The van der Waals surface area contributed by atoms with Crippen LogP contribution < -0.4 is 4.74 Å². The lowest BCUT2D eigenvalue weighted by Gasteiger charge is -2.10. The normalized spacial score (nSPS) is 16.1. The van der Waals surface area contributed by atoms with Crippen LogP contribution in [0.5, 0.6) is 5.75 Å². The predicted octanol–water partition coefficient (Wildman–Crippen LogP) is 6.11. The molecule has 0 fully saturated rings. The molecule has 1 heterocycles. The number of aryl methyl sites for hydroxylation is 1. The van der Waals surface area contributed by atoms with Crippen LogP contribution in [0.1, 0.15) is 33.9 Å². The van der Waals surface area contributed by atoms with E-state index in [1.54, 1.807) is 0 Å². The highest BCUT2D eigenvalue weighted by Crippen LogP contribution is 2.30. The number of hydrogen-bond acceptors (Lipinski definition) is 3. The number of rotatable bonds is 5.